The van der Waals surface area contributed by atoms with Gasteiger partial charge in [-0.1, -0.05) is 29.8 Å². The monoisotopic (exact) mass is 388 g/mol. The number of aliphatic carboxylic acids is 1. The minimum atomic E-state index is -0.838. The van der Waals surface area contributed by atoms with Crippen molar-refractivity contribution in [1.29, 1.82) is 0 Å². The van der Waals surface area contributed by atoms with E-state index in [4.69, 9.17) is 32.0 Å². The largest absolute Gasteiger partial charge is 0.505 e. The molecule has 0 aliphatic rings. The average Bonchev–Trinajstić information content (AvgIpc) is 2.58. The first-order chi connectivity index (χ1) is 12.7. The third kappa shape index (κ3) is 4.86. The highest BCUT2D eigenvalue weighted by Crippen LogP contribution is 2.37. The summed E-state index contributed by atoms with van der Waals surface area (Å²) < 4.78 is 5.78. The molecule has 3 rings (SSSR count). The predicted molar refractivity (Wildman–Crippen MR) is 101 cm³/mol. The number of hydrogen-bond donors (Lipinski definition) is 3. The minimum absolute atomic E-state index is 0.0770. The van der Waals surface area contributed by atoms with Gasteiger partial charge in [0.2, 0.25) is 0 Å². The molecule has 3 aromatic rings. The molecule has 1 heterocycles. The number of carboxylic acids is 1. The second-order valence-electron chi connectivity index (χ2n) is 5.56. The second kappa shape index (κ2) is 8.37. The maximum Gasteiger partial charge on any atom is 0.300 e. The van der Waals surface area contributed by atoms with E-state index in [9.17, 15) is 9.90 Å². The summed E-state index contributed by atoms with van der Waals surface area (Å²) in [5, 5.41) is 18.7. The molecule has 1 amide bonds. The number of nitrogens with two attached hydrogens (primary N) is 1. The number of carbonyl (C=O) groups is 2. The van der Waals surface area contributed by atoms with Gasteiger partial charge in [-0.2, -0.15) is 0 Å². The fraction of sp³-hybridized carbons (Fsp3) is 0.105. The smallest absolute Gasteiger partial charge is 0.300 e. The number of amides is 1. The molecule has 27 heavy (non-hydrogen) atoms. The third-order valence-corrected chi connectivity index (χ3v) is 3.70. The Balaban J connectivity index is 0.000000596. The van der Waals surface area contributed by atoms with Gasteiger partial charge in [0.1, 0.15) is 16.7 Å². The molecular formula is C19H17ClN2O5. The zero-order chi connectivity index (χ0) is 20.1. The zero-order valence-corrected chi connectivity index (χ0v) is 15.3. The fourth-order valence-electron chi connectivity index (χ4n) is 2.42. The van der Waals surface area contributed by atoms with Gasteiger partial charge in [0.15, 0.2) is 11.4 Å². The van der Waals surface area contributed by atoms with E-state index in [1.54, 1.807) is 19.1 Å². The topological polar surface area (TPSA) is 123 Å². The van der Waals surface area contributed by atoms with E-state index >= 15 is 0 Å². The number of nitrogens with zero attached hydrogens (tertiary/aromatic N) is 1. The Bertz CT molecular complexity index is 1000. The summed E-state index contributed by atoms with van der Waals surface area (Å²) in [6.07, 6.45) is 0. The van der Waals surface area contributed by atoms with Crippen LogP contribution in [0.25, 0.3) is 10.8 Å². The van der Waals surface area contributed by atoms with Crippen LogP contribution in [0.15, 0.2) is 42.5 Å². The van der Waals surface area contributed by atoms with Crippen molar-refractivity contribution in [3.8, 4) is 17.2 Å². The molecule has 0 aliphatic carbocycles. The number of para-hydroxylation sites is 1. The van der Waals surface area contributed by atoms with Gasteiger partial charge in [-0.25, -0.2) is 4.98 Å². The van der Waals surface area contributed by atoms with Crippen molar-refractivity contribution in [1.82, 2.24) is 4.98 Å². The van der Waals surface area contributed by atoms with Gasteiger partial charge in [-0.05, 0) is 36.8 Å². The summed E-state index contributed by atoms with van der Waals surface area (Å²) in [6.45, 7) is 2.86. The van der Waals surface area contributed by atoms with Gasteiger partial charge in [0, 0.05) is 17.7 Å². The first-order valence-electron chi connectivity index (χ1n) is 7.75. The molecule has 1 aromatic heterocycles. The number of aromatic hydroxyl groups is 1. The number of rotatable bonds is 3. The lowest BCUT2D eigenvalue weighted by atomic mass is 10.0. The number of benzene rings is 2. The zero-order valence-electron chi connectivity index (χ0n) is 14.6. The van der Waals surface area contributed by atoms with Crippen LogP contribution in [0.5, 0.6) is 17.2 Å². The molecule has 0 saturated carbocycles. The van der Waals surface area contributed by atoms with Crippen LogP contribution in [0.4, 0.5) is 0 Å². The number of carbonyl (C=O) groups excluding carboxylic acids is 1. The van der Waals surface area contributed by atoms with E-state index in [1.165, 1.54) is 0 Å². The number of pyridine rings is 1. The van der Waals surface area contributed by atoms with Crippen molar-refractivity contribution in [3.63, 3.8) is 0 Å². The molecule has 0 aliphatic heterocycles. The molecule has 8 heteroatoms. The molecule has 2 aromatic carbocycles. The SMILES string of the molecule is CC(=O)O.Cc1cc(Oc2ccccc2)cc2c(Cl)nc(C(N)=O)c(O)c12. The van der Waals surface area contributed by atoms with E-state index in [-0.39, 0.29) is 16.6 Å². The number of aryl methyl sites for hydroxylation is 1. The highest BCUT2D eigenvalue weighted by atomic mass is 35.5. The van der Waals surface area contributed by atoms with Gasteiger partial charge in [0.05, 0.1) is 0 Å². The van der Waals surface area contributed by atoms with Crippen LogP contribution in [-0.2, 0) is 4.79 Å². The van der Waals surface area contributed by atoms with Crippen LogP contribution >= 0.6 is 11.6 Å². The second-order valence-corrected chi connectivity index (χ2v) is 5.92. The number of aromatic nitrogens is 1. The van der Waals surface area contributed by atoms with E-state index in [0.717, 1.165) is 6.92 Å². The molecule has 7 nitrogen and oxygen atoms in total. The van der Waals surface area contributed by atoms with E-state index in [0.29, 0.717) is 27.8 Å². The predicted octanol–water partition coefficient (Wildman–Crippen LogP) is 3.88. The molecular weight excluding hydrogens is 372 g/mol. The molecule has 0 unspecified atom stereocenters. The Morgan fingerprint density at radius 3 is 2.30 bits per heavy atom. The van der Waals surface area contributed by atoms with E-state index in [1.807, 2.05) is 30.3 Å². The van der Waals surface area contributed by atoms with Crippen LogP contribution < -0.4 is 10.5 Å². The lowest BCUT2D eigenvalue weighted by Crippen LogP contribution is -2.13. The standard InChI is InChI=1S/C17H13ClN2O3.C2H4O2/c1-9-7-11(23-10-5-3-2-4-6-10)8-12-13(9)15(21)14(17(19)22)20-16(12)18;1-2(3)4/h2-8,21H,1H3,(H2,19,22);1H3,(H,3,4). The third-order valence-electron chi connectivity index (χ3n) is 3.41. The van der Waals surface area contributed by atoms with Crippen LogP contribution in [0.3, 0.4) is 0 Å². The summed E-state index contributed by atoms with van der Waals surface area (Å²) in [5.74, 6) is -0.722. The normalized spacial score (nSPS) is 10.0. The molecule has 0 bridgehead atoms. The van der Waals surface area contributed by atoms with Crippen molar-refractivity contribution in [2.75, 3.05) is 0 Å². The number of primary amides is 1. The highest BCUT2D eigenvalue weighted by Gasteiger charge is 2.18. The van der Waals surface area contributed by atoms with Gasteiger partial charge in [-0.3, -0.25) is 9.59 Å². The van der Waals surface area contributed by atoms with Gasteiger partial charge in [-0.15, -0.1) is 0 Å². The maximum atomic E-state index is 11.4. The Kier molecular flexibility index (Phi) is 6.20. The van der Waals surface area contributed by atoms with Crippen molar-refractivity contribution in [2.24, 2.45) is 5.73 Å². The maximum absolute atomic E-state index is 11.4. The number of fused-ring (bicyclic) bond motifs is 1. The number of ether oxygens (including phenoxy) is 1. The molecule has 0 saturated heterocycles. The van der Waals surface area contributed by atoms with Crippen LogP contribution in [0.1, 0.15) is 23.0 Å². The number of carboxylic acid groups (broad SMARTS) is 1. The highest BCUT2D eigenvalue weighted by molar-refractivity contribution is 6.35. The van der Waals surface area contributed by atoms with Crippen LogP contribution in [-0.4, -0.2) is 27.1 Å². The van der Waals surface area contributed by atoms with Gasteiger partial charge < -0.3 is 20.7 Å². The average molecular weight is 389 g/mol. The van der Waals surface area contributed by atoms with E-state index in [2.05, 4.69) is 4.98 Å². The molecule has 0 atom stereocenters. The van der Waals surface area contributed by atoms with Crippen LogP contribution in [0, 0.1) is 6.92 Å². The number of hydrogen-bond acceptors (Lipinski definition) is 5. The number of halogens is 1. The first kappa shape index (κ1) is 20.0. The quantitative estimate of drug-likeness (QED) is 0.585. The van der Waals surface area contributed by atoms with Gasteiger partial charge in [0.25, 0.3) is 11.9 Å². The van der Waals surface area contributed by atoms with Crippen molar-refractivity contribution < 1.29 is 24.5 Å². The van der Waals surface area contributed by atoms with Gasteiger partial charge >= 0.3 is 0 Å². The van der Waals surface area contributed by atoms with Crippen molar-refractivity contribution in [2.45, 2.75) is 13.8 Å². The lowest BCUT2D eigenvalue weighted by Gasteiger charge is -2.12. The molecule has 0 fully saturated rings. The minimum Gasteiger partial charge on any atom is -0.505 e. The molecule has 4 N–H and O–H groups in total. The molecule has 0 radical (unpaired) electrons. The lowest BCUT2D eigenvalue weighted by molar-refractivity contribution is -0.134. The summed E-state index contributed by atoms with van der Waals surface area (Å²) in [6, 6.07) is 12.7. The molecule has 0 spiro atoms. The van der Waals surface area contributed by atoms with Crippen LogP contribution in [0.2, 0.25) is 5.15 Å². The van der Waals surface area contributed by atoms with Crippen molar-refractivity contribution >= 4 is 34.2 Å². The first-order valence-corrected chi connectivity index (χ1v) is 8.13. The Hall–Kier alpha value is -3.32. The summed E-state index contributed by atoms with van der Waals surface area (Å²) >= 11 is 6.14. The Labute approximate surface area is 160 Å². The molecule has 140 valence electrons. The fourth-order valence-corrected chi connectivity index (χ4v) is 2.65. The summed E-state index contributed by atoms with van der Waals surface area (Å²) in [7, 11) is 0. The Morgan fingerprint density at radius 2 is 1.74 bits per heavy atom. The summed E-state index contributed by atoms with van der Waals surface area (Å²) in [5.41, 5.74) is 5.66. The van der Waals surface area contributed by atoms with Crippen molar-refractivity contribution in [3.05, 3.63) is 58.9 Å². The Morgan fingerprint density at radius 1 is 1.15 bits per heavy atom. The van der Waals surface area contributed by atoms with E-state index < -0.39 is 11.9 Å². The summed E-state index contributed by atoms with van der Waals surface area (Å²) in [4.78, 5) is 24.2.